The van der Waals surface area contributed by atoms with Crippen LogP contribution in [0.2, 0.25) is 0 Å². The predicted molar refractivity (Wildman–Crippen MR) is 116 cm³/mol. The largest absolute Gasteiger partial charge is 0.322 e. The normalized spacial score (nSPS) is 11.1. The molecule has 0 spiro atoms. The molecule has 4 aromatic rings. The van der Waals surface area contributed by atoms with Crippen LogP contribution in [0.4, 0.5) is 5.69 Å². The van der Waals surface area contributed by atoms with E-state index in [2.05, 4.69) is 45.4 Å². The molecule has 2 N–H and O–H groups in total. The standard InChI is InChI=1S/C22H21N5OS/c1-14(2)16-6-4-8-18(10-16)26-21(28)17-7-3-5-15(9-17)12-29-22-19-11-25-27-20(19)23-13-24-22/h3-11,13-14H,12H2,1-2H3,(H,26,28)(H,23,24,25,27). The monoisotopic (exact) mass is 403 g/mol. The molecule has 0 aliphatic heterocycles. The van der Waals surface area contributed by atoms with E-state index in [0.717, 1.165) is 27.3 Å². The molecule has 1 amide bonds. The van der Waals surface area contributed by atoms with E-state index >= 15 is 0 Å². The summed E-state index contributed by atoms with van der Waals surface area (Å²) in [6.45, 7) is 4.27. The number of aromatic amines is 1. The van der Waals surface area contributed by atoms with Crippen LogP contribution < -0.4 is 5.32 Å². The average Bonchev–Trinajstić information content (AvgIpc) is 3.22. The van der Waals surface area contributed by atoms with Gasteiger partial charge in [-0.1, -0.05) is 38.1 Å². The Kier molecular flexibility index (Phi) is 5.57. The number of nitrogens with one attached hydrogen (secondary N) is 2. The van der Waals surface area contributed by atoms with Crippen molar-refractivity contribution in [1.29, 1.82) is 0 Å². The zero-order valence-corrected chi connectivity index (χ0v) is 17.0. The zero-order valence-electron chi connectivity index (χ0n) is 16.2. The van der Waals surface area contributed by atoms with Crippen molar-refractivity contribution in [3.8, 4) is 0 Å². The minimum atomic E-state index is -0.114. The number of hydrogen-bond acceptors (Lipinski definition) is 5. The van der Waals surface area contributed by atoms with Gasteiger partial charge in [-0.3, -0.25) is 9.89 Å². The molecule has 0 radical (unpaired) electrons. The number of carbonyl (C=O) groups excluding carboxylic acids is 1. The molecule has 2 aromatic heterocycles. The second kappa shape index (κ2) is 8.45. The second-order valence-electron chi connectivity index (χ2n) is 7.03. The van der Waals surface area contributed by atoms with E-state index in [4.69, 9.17) is 0 Å². The maximum absolute atomic E-state index is 12.7. The Morgan fingerprint density at radius 1 is 1.14 bits per heavy atom. The summed E-state index contributed by atoms with van der Waals surface area (Å²) < 4.78 is 0. The first kappa shape index (κ1) is 19.1. The van der Waals surface area contributed by atoms with Gasteiger partial charge in [0, 0.05) is 17.0 Å². The maximum atomic E-state index is 12.7. The van der Waals surface area contributed by atoms with Crippen LogP contribution in [0.15, 0.2) is 66.1 Å². The van der Waals surface area contributed by atoms with Gasteiger partial charge in [-0.2, -0.15) is 5.10 Å². The maximum Gasteiger partial charge on any atom is 0.255 e. The van der Waals surface area contributed by atoms with E-state index < -0.39 is 0 Å². The minimum absolute atomic E-state index is 0.114. The Bertz CT molecular complexity index is 1150. The second-order valence-corrected chi connectivity index (χ2v) is 8.00. The Hall–Kier alpha value is -3.19. The number of H-pyrrole nitrogens is 1. The summed E-state index contributed by atoms with van der Waals surface area (Å²) in [7, 11) is 0. The molecular weight excluding hydrogens is 382 g/mol. The topological polar surface area (TPSA) is 83.6 Å². The van der Waals surface area contributed by atoms with Crippen LogP contribution in [0, 0.1) is 0 Å². The quantitative estimate of drug-likeness (QED) is 0.349. The molecule has 0 atom stereocenters. The molecule has 6 nitrogen and oxygen atoms in total. The molecule has 0 bridgehead atoms. The molecular formula is C22H21N5OS. The van der Waals surface area contributed by atoms with Crippen LogP contribution in [0.3, 0.4) is 0 Å². The van der Waals surface area contributed by atoms with Crippen LogP contribution in [0.1, 0.15) is 41.3 Å². The molecule has 146 valence electrons. The number of amides is 1. The highest BCUT2D eigenvalue weighted by atomic mass is 32.2. The molecule has 2 aromatic carbocycles. The van der Waals surface area contributed by atoms with E-state index in [1.165, 1.54) is 11.9 Å². The van der Waals surface area contributed by atoms with Gasteiger partial charge in [0.25, 0.3) is 5.91 Å². The fourth-order valence-corrected chi connectivity index (χ4v) is 3.90. The first-order chi connectivity index (χ1) is 14.1. The lowest BCUT2D eigenvalue weighted by molar-refractivity contribution is 0.102. The summed E-state index contributed by atoms with van der Waals surface area (Å²) in [5.41, 5.74) is 4.41. The summed E-state index contributed by atoms with van der Waals surface area (Å²) in [5, 5.41) is 11.6. The number of thioether (sulfide) groups is 1. The molecule has 0 fully saturated rings. The van der Waals surface area contributed by atoms with Crippen molar-refractivity contribution in [2.24, 2.45) is 0 Å². The number of carbonyl (C=O) groups is 1. The Morgan fingerprint density at radius 2 is 2.00 bits per heavy atom. The van der Waals surface area contributed by atoms with Gasteiger partial charge in [-0.05, 0) is 41.3 Å². The molecule has 0 aliphatic carbocycles. The highest BCUT2D eigenvalue weighted by molar-refractivity contribution is 7.98. The van der Waals surface area contributed by atoms with Crippen LogP contribution >= 0.6 is 11.8 Å². The molecule has 29 heavy (non-hydrogen) atoms. The first-order valence-electron chi connectivity index (χ1n) is 9.37. The first-order valence-corrected chi connectivity index (χ1v) is 10.4. The van der Waals surface area contributed by atoms with Gasteiger partial charge in [0.1, 0.15) is 11.4 Å². The molecule has 0 saturated heterocycles. The van der Waals surface area contributed by atoms with E-state index in [0.29, 0.717) is 17.2 Å². The minimum Gasteiger partial charge on any atom is -0.322 e. The molecule has 4 rings (SSSR count). The lowest BCUT2D eigenvalue weighted by Gasteiger charge is -2.10. The van der Waals surface area contributed by atoms with E-state index in [1.807, 2.05) is 42.5 Å². The summed E-state index contributed by atoms with van der Waals surface area (Å²) in [6, 6.07) is 15.6. The van der Waals surface area contributed by atoms with Crippen molar-refractivity contribution >= 4 is 34.4 Å². The van der Waals surface area contributed by atoms with Crippen molar-refractivity contribution in [3.63, 3.8) is 0 Å². The highest BCUT2D eigenvalue weighted by Crippen LogP contribution is 2.26. The molecule has 2 heterocycles. The lowest BCUT2D eigenvalue weighted by Crippen LogP contribution is -2.12. The van der Waals surface area contributed by atoms with Gasteiger partial charge >= 0.3 is 0 Å². The fraction of sp³-hybridized carbons (Fsp3) is 0.182. The van der Waals surface area contributed by atoms with Gasteiger partial charge in [0.05, 0.1) is 11.6 Å². The van der Waals surface area contributed by atoms with Crippen LogP contribution in [0.5, 0.6) is 0 Å². The Labute approximate surface area is 173 Å². The number of aromatic nitrogens is 4. The van der Waals surface area contributed by atoms with Gasteiger partial charge in [-0.15, -0.1) is 11.8 Å². The Morgan fingerprint density at radius 3 is 2.86 bits per heavy atom. The smallest absolute Gasteiger partial charge is 0.255 e. The summed E-state index contributed by atoms with van der Waals surface area (Å²) in [5.74, 6) is 0.994. The van der Waals surface area contributed by atoms with E-state index in [-0.39, 0.29) is 5.91 Å². The van der Waals surface area contributed by atoms with Crippen LogP contribution in [-0.2, 0) is 5.75 Å². The van der Waals surface area contributed by atoms with Gasteiger partial charge in [0.15, 0.2) is 5.65 Å². The van der Waals surface area contributed by atoms with Crippen LogP contribution in [-0.4, -0.2) is 26.1 Å². The van der Waals surface area contributed by atoms with Crippen molar-refractivity contribution < 1.29 is 4.79 Å². The summed E-state index contributed by atoms with van der Waals surface area (Å²) >= 11 is 1.59. The number of anilines is 1. The van der Waals surface area contributed by atoms with Crippen molar-refractivity contribution in [2.45, 2.75) is 30.5 Å². The Balaban J connectivity index is 1.46. The van der Waals surface area contributed by atoms with Gasteiger partial charge in [0.2, 0.25) is 0 Å². The number of rotatable bonds is 6. The predicted octanol–water partition coefficient (Wildman–Crippen LogP) is 5.02. The number of benzene rings is 2. The number of nitrogens with zero attached hydrogens (tertiary/aromatic N) is 3. The van der Waals surface area contributed by atoms with Crippen LogP contribution in [0.25, 0.3) is 11.0 Å². The molecule has 7 heteroatoms. The highest BCUT2D eigenvalue weighted by Gasteiger charge is 2.10. The molecule has 0 aliphatic rings. The lowest BCUT2D eigenvalue weighted by atomic mass is 10.0. The van der Waals surface area contributed by atoms with Gasteiger partial charge in [-0.25, -0.2) is 9.97 Å². The SMILES string of the molecule is CC(C)c1cccc(NC(=O)c2cccc(CSc3ncnc4[nH]ncc34)c2)c1. The molecule has 0 saturated carbocycles. The number of fused-ring (bicyclic) bond motifs is 1. The summed E-state index contributed by atoms with van der Waals surface area (Å²) in [4.78, 5) is 21.2. The average molecular weight is 404 g/mol. The van der Waals surface area contributed by atoms with Crippen molar-refractivity contribution in [2.75, 3.05) is 5.32 Å². The van der Waals surface area contributed by atoms with E-state index in [1.54, 1.807) is 18.0 Å². The third-order valence-corrected chi connectivity index (χ3v) is 5.66. The third kappa shape index (κ3) is 4.46. The summed E-state index contributed by atoms with van der Waals surface area (Å²) in [6.07, 6.45) is 3.25. The van der Waals surface area contributed by atoms with Crippen molar-refractivity contribution in [3.05, 3.63) is 77.7 Å². The number of hydrogen-bond donors (Lipinski definition) is 2. The molecule has 0 unspecified atom stereocenters. The van der Waals surface area contributed by atoms with Gasteiger partial charge < -0.3 is 5.32 Å². The van der Waals surface area contributed by atoms with Crippen molar-refractivity contribution in [1.82, 2.24) is 20.2 Å². The fourth-order valence-electron chi connectivity index (χ4n) is 2.99. The third-order valence-electron chi connectivity index (χ3n) is 4.59. The zero-order chi connectivity index (χ0) is 20.2. The van der Waals surface area contributed by atoms with E-state index in [9.17, 15) is 4.79 Å².